The van der Waals surface area contributed by atoms with E-state index in [1.807, 2.05) is 0 Å². The smallest absolute Gasteiger partial charge is 0.00489 e. The van der Waals surface area contributed by atoms with E-state index in [0.29, 0.717) is 0 Å². The molecule has 0 unspecified atom stereocenters. The van der Waals surface area contributed by atoms with Crippen molar-refractivity contribution in [3.05, 3.63) is 0 Å². The monoisotopic (exact) mass is 621 g/mol. The summed E-state index contributed by atoms with van der Waals surface area (Å²) in [7, 11) is 0. The lowest BCUT2D eigenvalue weighted by molar-refractivity contribution is 0.520. The van der Waals surface area contributed by atoms with Gasteiger partial charge in [0, 0.05) is 0 Å². The molecule has 7 nitrogen and oxygen atoms in total. The van der Waals surface area contributed by atoms with Gasteiger partial charge in [-0.25, -0.2) is 0 Å². The predicted octanol–water partition coefficient (Wildman–Crippen LogP) is 6.75. The summed E-state index contributed by atoms with van der Waals surface area (Å²) in [6.45, 7) is 5.00. The molecule has 0 aromatic rings. The molecule has 0 aliphatic carbocycles. The summed E-state index contributed by atoms with van der Waals surface area (Å²) in [6.07, 6.45) is 8.43. The first kappa shape index (κ1) is 259. The van der Waals surface area contributed by atoms with Crippen molar-refractivity contribution >= 4 is 54.0 Å². The van der Waals surface area contributed by atoms with E-state index >= 15 is 0 Å². The number of piperidine rings is 2. The second-order valence-electron chi connectivity index (χ2n) is 3.62. The minimum absolute atomic E-state index is 0. The highest BCUT2D eigenvalue weighted by Crippen LogP contribution is 1.97. The molecule has 0 atom stereocenters. The number of hydrogen-bond acceptors (Lipinski definition) is 2. The van der Waals surface area contributed by atoms with Gasteiger partial charge < -0.3 is 38.0 Å². The van der Waals surface area contributed by atoms with E-state index in [1.54, 1.807) is 0 Å². The lowest BCUT2D eigenvalue weighted by atomic mass is 10.2. The summed E-state index contributed by atoms with van der Waals surface area (Å²) in [6, 6.07) is 0. The molecule has 2 heterocycles. The second-order valence-corrected chi connectivity index (χ2v) is 3.62. The minimum atomic E-state index is 0. The second kappa shape index (κ2) is 238. The Morgan fingerprint density at radius 1 is 0.229 bits per heavy atom. The fourth-order valence-electron chi connectivity index (χ4n) is 1.60. The Bertz CT molecular complexity index is 90.9. The van der Waals surface area contributed by atoms with Crippen LogP contribution in [0.1, 0.15) is 142 Å². The average molecular weight is 621 g/mol. The fraction of sp³-hybridized carbons (Fsp3) is 1.00. The van der Waals surface area contributed by atoms with Gasteiger partial charge in [-0.05, 0) is 51.9 Å². The third-order valence-electron chi connectivity index (χ3n) is 2.41. The highest BCUT2D eigenvalue weighted by Gasteiger charge is 1.94. The van der Waals surface area contributed by atoms with E-state index < -0.39 is 0 Å². The Kier molecular flexibility index (Phi) is 1760. The molecule has 2 aliphatic heterocycles. The topological polar surface area (TPSA) is 182 Å². The van der Waals surface area contributed by atoms with Crippen molar-refractivity contribution in [1.82, 2.24) is 10.6 Å². The Morgan fingerprint density at radius 3 is 0.371 bits per heavy atom. The molecular weight excluding hydrogens is 525 g/mol. The van der Waals surface area contributed by atoms with Crippen molar-refractivity contribution in [2.75, 3.05) is 26.2 Å². The van der Waals surface area contributed by atoms with Crippen molar-refractivity contribution in [2.45, 2.75) is 142 Å². The molecule has 0 aromatic heterocycles. The predicted molar refractivity (Wildman–Crippen MR) is 207 cm³/mol. The van der Waals surface area contributed by atoms with Crippen molar-refractivity contribution < 1.29 is 27.4 Å². The normalized spacial score (nSPS) is 8.23. The van der Waals surface area contributed by atoms with Crippen molar-refractivity contribution in [3.8, 4) is 0 Å². The first-order valence-electron chi connectivity index (χ1n) is 5.41. The van der Waals surface area contributed by atoms with Crippen LogP contribution in [0.4, 0.5) is 0 Å². The Labute approximate surface area is 259 Å². The van der Waals surface area contributed by atoms with Crippen molar-refractivity contribution in [3.63, 3.8) is 0 Å². The Balaban J connectivity index is -0.00000000236. The van der Waals surface area contributed by atoms with Gasteiger partial charge in [-0.15, -0.1) is 0 Å². The number of rotatable bonds is 0. The van der Waals surface area contributed by atoms with E-state index in [4.69, 9.17) is 0 Å². The zero-order valence-electron chi connectivity index (χ0n) is 12.6. The first-order chi connectivity index (χ1) is 6.00. The largest absolute Gasteiger partial charge is 0.412 e. The third-order valence-corrected chi connectivity index (χ3v) is 2.41. The van der Waals surface area contributed by atoms with Gasteiger partial charge in [0.05, 0.1) is 0 Å². The molecule has 256 valence electrons. The summed E-state index contributed by atoms with van der Waals surface area (Å²) in [4.78, 5) is 0. The van der Waals surface area contributed by atoms with Crippen LogP contribution in [0.15, 0.2) is 0 Å². The molecule has 2 aliphatic rings. The molecule has 0 amide bonds. The zero-order chi connectivity index (χ0) is 8.49. The van der Waals surface area contributed by atoms with Crippen LogP contribution >= 0.6 is 54.0 Å². The summed E-state index contributed by atoms with van der Waals surface area (Å²) < 4.78 is 0. The molecule has 0 spiro atoms. The maximum Gasteiger partial charge on any atom is -0.00489 e. The Hall–Kier alpha value is 1.12. The minimum Gasteiger partial charge on any atom is -0.412 e. The van der Waals surface area contributed by atoms with Crippen LogP contribution in [-0.4, -0.2) is 53.6 Å². The highest BCUT2D eigenvalue weighted by atomic mass is 32.1. The van der Waals surface area contributed by atoms with E-state index in [9.17, 15) is 0 Å². The van der Waals surface area contributed by atoms with Gasteiger partial charge in [-0.1, -0.05) is 117 Å². The molecule has 0 radical (unpaired) electrons. The highest BCUT2D eigenvalue weighted by molar-refractivity contribution is 7.59. The zero-order valence-corrected chi connectivity index (χ0v) is 16.6. The van der Waals surface area contributed by atoms with Crippen molar-refractivity contribution in [2.24, 2.45) is 0 Å². The summed E-state index contributed by atoms with van der Waals surface area (Å²) in [5.41, 5.74) is 0. The number of hydrogen-bond donors (Lipinski definition) is 2. The van der Waals surface area contributed by atoms with Crippen LogP contribution in [0.5, 0.6) is 0 Å². The van der Waals surface area contributed by atoms with Gasteiger partial charge in [-0.2, -0.15) is 54.0 Å². The van der Waals surface area contributed by atoms with Crippen molar-refractivity contribution in [1.29, 1.82) is 0 Å². The van der Waals surface area contributed by atoms with Gasteiger partial charge in [0.2, 0.25) is 0 Å². The molecule has 2 rings (SSSR count). The standard InChI is InChI=1S/2C5H11N.14CH4.5H2O.4H2S/c2*1-2-4-6-5-3-1;;;;;;;;;;;;;;;;;;;;;;;/h2*6H,1-5H2;14*1H4;9*1H2. The van der Waals surface area contributed by atoms with Crippen LogP contribution in [0.3, 0.4) is 0 Å². The maximum absolute atomic E-state index is 3.28. The molecule has 2 fully saturated rings. The SMILES string of the molecule is C.C.C.C.C.C.C.C.C.C.C.C.C.C.C1CCNCC1.C1CCNCC1.O.O.O.O.O.S.S.S.S. The molecule has 35 heavy (non-hydrogen) atoms. The molecule has 0 aromatic carbocycles. The van der Waals surface area contributed by atoms with Crippen LogP contribution in [0, 0.1) is 0 Å². The van der Waals surface area contributed by atoms with E-state index in [2.05, 4.69) is 10.6 Å². The van der Waals surface area contributed by atoms with Crippen LogP contribution in [-0.2, 0) is 0 Å². The lowest BCUT2D eigenvalue weighted by Gasteiger charge is -2.08. The van der Waals surface area contributed by atoms with Crippen LogP contribution in [0.25, 0.3) is 0 Å². The first-order valence-corrected chi connectivity index (χ1v) is 5.41. The molecule has 12 N–H and O–H groups in total. The molecule has 2 saturated heterocycles. The van der Waals surface area contributed by atoms with Gasteiger partial charge in [0.1, 0.15) is 0 Å². The summed E-state index contributed by atoms with van der Waals surface area (Å²) in [5.74, 6) is 0. The van der Waals surface area contributed by atoms with Gasteiger partial charge in [0.15, 0.2) is 0 Å². The molecule has 0 bridgehead atoms. The maximum atomic E-state index is 3.28. The number of nitrogens with one attached hydrogen (secondary N) is 2. The molecular formula is C24H96N2O5S4. The Morgan fingerprint density at radius 2 is 0.343 bits per heavy atom. The fourth-order valence-corrected chi connectivity index (χ4v) is 1.60. The van der Waals surface area contributed by atoms with Gasteiger partial charge in [-0.3, -0.25) is 0 Å². The van der Waals surface area contributed by atoms with E-state index in [-0.39, 0.29) is 185 Å². The third kappa shape index (κ3) is 224. The van der Waals surface area contributed by atoms with E-state index in [0.717, 1.165) is 0 Å². The molecule has 0 saturated carbocycles. The van der Waals surface area contributed by atoms with Crippen LogP contribution < -0.4 is 10.6 Å². The summed E-state index contributed by atoms with van der Waals surface area (Å²) in [5, 5.41) is 6.57. The quantitative estimate of drug-likeness (QED) is 0.304. The van der Waals surface area contributed by atoms with Crippen LogP contribution in [0.2, 0.25) is 0 Å². The summed E-state index contributed by atoms with van der Waals surface area (Å²) >= 11 is 0. The van der Waals surface area contributed by atoms with E-state index in [1.165, 1.54) is 64.7 Å². The molecule has 11 heteroatoms. The van der Waals surface area contributed by atoms with Gasteiger partial charge >= 0.3 is 0 Å². The average Bonchev–Trinajstić information content (AvgIpc) is 2.24. The lowest BCUT2D eigenvalue weighted by Crippen LogP contribution is -2.21. The van der Waals surface area contributed by atoms with Gasteiger partial charge in [0.25, 0.3) is 0 Å².